The zero-order valence-electron chi connectivity index (χ0n) is 20.5. The molecule has 2 aromatic rings. The third-order valence-corrected chi connectivity index (χ3v) is 7.69. The van der Waals surface area contributed by atoms with Crippen molar-refractivity contribution in [1.82, 2.24) is 0 Å². The number of methoxy groups -OCH3 is 1. The maximum Gasteiger partial charge on any atom is 0.442 e. The number of fused-ring (bicyclic) bond motifs is 3. The van der Waals surface area contributed by atoms with Gasteiger partial charge in [0, 0.05) is 17.9 Å². The van der Waals surface area contributed by atoms with Gasteiger partial charge in [-0.15, -0.1) is 5.12 Å². The van der Waals surface area contributed by atoms with Crippen LogP contribution in [0, 0.1) is 11.8 Å². The molecular formula is C27H23FN2O9. The number of carbonyl (C=O) groups is 4. The molecule has 12 heteroatoms. The van der Waals surface area contributed by atoms with Crippen molar-refractivity contribution in [1.29, 1.82) is 0 Å². The second kappa shape index (κ2) is 8.95. The highest BCUT2D eigenvalue weighted by atomic mass is 19.2. The predicted molar refractivity (Wildman–Crippen MR) is 133 cm³/mol. The first-order valence-electron chi connectivity index (χ1n) is 11.9. The Bertz CT molecular complexity index is 1530. The number of hydrogen-bond acceptors (Lipinski definition) is 9. The monoisotopic (exact) mass is 538 g/mol. The number of anilines is 1. The quantitative estimate of drug-likeness (QED) is 0.289. The Hall–Kier alpha value is -4.71. The van der Waals surface area contributed by atoms with Crippen LogP contribution in [0.1, 0.15) is 24.0 Å². The zero-order valence-corrected chi connectivity index (χ0v) is 20.5. The molecule has 1 saturated carbocycles. The summed E-state index contributed by atoms with van der Waals surface area (Å²) in [6.07, 6.45) is -1.53. The number of primary amides is 1. The van der Waals surface area contributed by atoms with Gasteiger partial charge in [-0.3, -0.25) is 14.4 Å². The van der Waals surface area contributed by atoms with E-state index in [1.165, 1.54) is 30.3 Å². The summed E-state index contributed by atoms with van der Waals surface area (Å²) in [5.41, 5.74) is 2.83. The van der Waals surface area contributed by atoms with Crippen LogP contribution in [0.25, 0.3) is 16.9 Å². The molecule has 11 nitrogen and oxygen atoms in total. The number of aliphatic hydroxyl groups excluding tert-OH is 2. The van der Waals surface area contributed by atoms with E-state index >= 15 is 0 Å². The number of phenolic OH excluding ortho intramolecular Hbond substituents is 1. The zero-order chi connectivity index (χ0) is 28.4. The van der Waals surface area contributed by atoms with Crippen LogP contribution < -0.4 is 10.9 Å². The molecular weight excluding hydrogens is 515 g/mol. The van der Waals surface area contributed by atoms with Crippen molar-refractivity contribution in [2.24, 2.45) is 17.6 Å². The minimum Gasteiger partial charge on any atom is -0.508 e. The molecule has 5 rings (SSSR count). The molecule has 3 atom stereocenters. The molecule has 0 spiro atoms. The fourth-order valence-electron chi connectivity index (χ4n) is 5.85. The van der Waals surface area contributed by atoms with Crippen molar-refractivity contribution in [2.75, 3.05) is 12.2 Å². The largest absolute Gasteiger partial charge is 0.508 e. The minimum absolute atomic E-state index is 0.00705. The molecule has 2 amide bonds. The van der Waals surface area contributed by atoms with Gasteiger partial charge in [-0.05, 0) is 53.6 Å². The van der Waals surface area contributed by atoms with E-state index in [-0.39, 0.29) is 40.5 Å². The highest BCUT2D eigenvalue weighted by molar-refractivity contribution is 6.22. The Labute approximate surface area is 220 Å². The molecule has 39 heavy (non-hydrogen) atoms. The molecule has 3 aliphatic rings. The van der Waals surface area contributed by atoms with E-state index in [1.54, 1.807) is 6.07 Å². The summed E-state index contributed by atoms with van der Waals surface area (Å²) in [5.74, 6) is -7.07. The average molecular weight is 538 g/mol. The number of Topliss-reactive ketones (excluding diaryl/α,β-unsaturated/α-hetero) is 2. The first-order chi connectivity index (χ1) is 18.4. The molecule has 0 saturated heterocycles. The smallest absolute Gasteiger partial charge is 0.442 e. The highest BCUT2D eigenvalue weighted by Gasteiger charge is 2.60. The van der Waals surface area contributed by atoms with Gasteiger partial charge in [0.05, 0.1) is 18.4 Å². The molecule has 1 fully saturated rings. The Kier molecular flexibility index (Phi) is 5.95. The number of ketones is 2. The number of halogens is 1. The lowest BCUT2D eigenvalue weighted by Crippen LogP contribution is -2.58. The maximum atomic E-state index is 14.1. The lowest BCUT2D eigenvalue weighted by molar-refractivity contribution is -0.147. The van der Waals surface area contributed by atoms with E-state index in [9.17, 15) is 44.1 Å². The maximum absolute atomic E-state index is 14.1. The molecule has 3 aliphatic carbocycles. The third kappa shape index (κ3) is 3.67. The van der Waals surface area contributed by atoms with Crippen LogP contribution >= 0.6 is 0 Å². The Morgan fingerprint density at radius 3 is 2.36 bits per heavy atom. The molecule has 0 unspecified atom stereocenters. The highest BCUT2D eigenvalue weighted by Crippen LogP contribution is 2.53. The van der Waals surface area contributed by atoms with Gasteiger partial charge in [0.1, 0.15) is 22.8 Å². The van der Waals surface area contributed by atoms with Crippen LogP contribution in [-0.2, 0) is 25.5 Å². The van der Waals surface area contributed by atoms with E-state index in [0.717, 1.165) is 7.11 Å². The second-order valence-corrected chi connectivity index (χ2v) is 9.69. The summed E-state index contributed by atoms with van der Waals surface area (Å²) in [5, 5.41) is 43.6. The second-order valence-electron chi connectivity index (χ2n) is 9.69. The number of rotatable bonds is 3. The summed E-state index contributed by atoms with van der Waals surface area (Å²) in [7, 11) is 1.04. The lowest BCUT2D eigenvalue weighted by atomic mass is 9.59. The first kappa shape index (κ1) is 25.9. The van der Waals surface area contributed by atoms with Gasteiger partial charge in [0.2, 0.25) is 5.78 Å². The number of hydrogen-bond donors (Lipinski definition) is 5. The number of nitrogens with zero attached hydrogens (tertiary/aromatic N) is 1. The number of carbonyl (C=O) groups excluding carboxylic acids is 4. The van der Waals surface area contributed by atoms with E-state index in [0.29, 0.717) is 16.7 Å². The van der Waals surface area contributed by atoms with Gasteiger partial charge >= 0.3 is 6.09 Å². The van der Waals surface area contributed by atoms with Crippen LogP contribution in [0.5, 0.6) is 5.75 Å². The fraction of sp³-hybridized carbons (Fsp3) is 0.259. The number of phenols is 1. The van der Waals surface area contributed by atoms with E-state index < -0.39 is 64.5 Å². The van der Waals surface area contributed by atoms with E-state index in [1.807, 2.05) is 0 Å². The third-order valence-electron chi connectivity index (χ3n) is 7.69. The van der Waals surface area contributed by atoms with Crippen LogP contribution in [0.4, 0.5) is 15.0 Å². The van der Waals surface area contributed by atoms with Crippen molar-refractivity contribution in [2.45, 2.75) is 24.9 Å². The SMILES string of the molecule is COC(=O)N(F)c1ccc(-c2ccc(O)c3c2C[C@H]2C[C@H]4CC(=O)C(C(N)=O)=C(O)[C@@]4(O)C(=O)C2=C3O)cc1. The number of aromatic hydroxyl groups is 1. The van der Waals surface area contributed by atoms with E-state index in [2.05, 4.69) is 4.74 Å². The van der Waals surface area contributed by atoms with Crippen LogP contribution in [-0.4, -0.2) is 56.7 Å². The van der Waals surface area contributed by atoms with E-state index in [4.69, 9.17) is 5.73 Å². The van der Waals surface area contributed by atoms with Crippen LogP contribution in [0.2, 0.25) is 0 Å². The summed E-state index contributed by atoms with van der Waals surface area (Å²) in [6, 6.07) is 8.58. The molecule has 2 aromatic carbocycles. The van der Waals surface area contributed by atoms with Crippen molar-refractivity contribution >= 4 is 35.0 Å². The summed E-state index contributed by atoms with van der Waals surface area (Å²) in [6.45, 7) is 0. The van der Waals surface area contributed by atoms with Gasteiger partial charge in [-0.1, -0.05) is 22.7 Å². The standard InChI is InChI=1S/C27H23FN2O9/c1-39-26(37)30(28)14-4-2-11(3-5-14)15-6-7-17(31)20-16(15)9-12-8-13-10-18(32)21(25(29)36)24(35)27(13,38)23(34)19(12)22(20)33/h2-7,12-13,31,33,35,38H,8-10H2,1H3,(H2,29,36)/t12-,13+,27+/m1/s1. The Balaban J connectivity index is 1.62. The number of amides is 2. The molecule has 0 heterocycles. The van der Waals surface area contributed by atoms with Gasteiger partial charge in [0.15, 0.2) is 11.4 Å². The lowest BCUT2D eigenvalue weighted by Gasteiger charge is -2.46. The average Bonchev–Trinajstić information content (AvgIpc) is 2.90. The van der Waals surface area contributed by atoms with Crippen LogP contribution in [0.3, 0.4) is 0 Å². The topological polar surface area (TPSA) is 188 Å². The minimum atomic E-state index is -2.64. The Morgan fingerprint density at radius 1 is 1.08 bits per heavy atom. The Morgan fingerprint density at radius 2 is 1.74 bits per heavy atom. The molecule has 0 aromatic heterocycles. The first-order valence-corrected chi connectivity index (χ1v) is 11.9. The number of aliphatic hydroxyl groups is 3. The van der Waals surface area contributed by atoms with Gasteiger partial charge in [0.25, 0.3) is 5.91 Å². The number of ether oxygens (including phenoxy) is 1. The van der Waals surface area contributed by atoms with Crippen molar-refractivity contribution < 1.29 is 48.8 Å². The molecule has 0 bridgehead atoms. The van der Waals surface area contributed by atoms with Crippen molar-refractivity contribution in [3.63, 3.8) is 0 Å². The molecule has 0 radical (unpaired) electrons. The van der Waals surface area contributed by atoms with Crippen molar-refractivity contribution in [3.05, 3.63) is 64.4 Å². The number of benzene rings is 2. The van der Waals surface area contributed by atoms with Gasteiger partial charge in [-0.2, -0.15) is 0 Å². The molecule has 202 valence electrons. The molecule has 6 N–H and O–H groups in total. The van der Waals surface area contributed by atoms with Gasteiger partial charge < -0.3 is 30.9 Å². The summed E-state index contributed by atoms with van der Waals surface area (Å²) in [4.78, 5) is 49.3. The van der Waals surface area contributed by atoms with Gasteiger partial charge in [-0.25, -0.2) is 4.79 Å². The predicted octanol–water partition coefficient (Wildman–Crippen LogP) is 2.55. The number of nitrogens with two attached hydrogens (primary N) is 1. The summed E-state index contributed by atoms with van der Waals surface area (Å²) >= 11 is 0. The summed E-state index contributed by atoms with van der Waals surface area (Å²) < 4.78 is 18.5. The van der Waals surface area contributed by atoms with Crippen molar-refractivity contribution in [3.8, 4) is 16.9 Å². The van der Waals surface area contributed by atoms with Crippen LogP contribution in [0.15, 0.2) is 53.3 Å². The normalized spacial score (nSPS) is 24.1. The fourth-order valence-corrected chi connectivity index (χ4v) is 5.85. The molecule has 0 aliphatic heterocycles.